The van der Waals surface area contributed by atoms with E-state index in [1.807, 2.05) is 77.5 Å². The van der Waals surface area contributed by atoms with Gasteiger partial charge >= 0.3 is 5.97 Å². The van der Waals surface area contributed by atoms with E-state index in [1.54, 1.807) is 36.4 Å². The normalized spacial score (nSPS) is 11.2. The number of carboxylic acid groups (broad SMARTS) is 1. The number of hydrogen-bond donors (Lipinski definition) is 2. The zero-order chi connectivity index (χ0) is 31.3. The number of aromatic carboxylic acids is 1. The second-order valence-corrected chi connectivity index (χ2v) is 11.2. The molecule has 0 bridgehead atoms. The van der Waals surface area contributed by atoms with Crippen molar-refractivity contribution in [2.24, 2.45) is 0 Å². The first-order valence-electron chi connectivity index (χ1n) is 14.1. The summed E-state index contributed by atoms with van der Waals surface area (Å²) in [6, 6.07) is 35.6. The molecule has 6 rings (SSSR count). The molecule has 3 N–H and O–H groups in total. The van der Waals surface area contributed by atoms with Crippen molar-refractivity contribution in [3.8, 4) is 33.9 Å². The Labute approximate surface area is 270 Å². The van der Waals surface area contributed by atoms with Crippen molar-refractivity contribution in [2.75, 3.05) is 5.73 Å². The molecule has 45 heavy (non-hydrogen) atoms. The van der Waals surface area contributed by atoms with E-state index in [9.17, 15) is 9.90 Å². The third kappa shape index (κ3) is 7.27. The maximum atomic E-state index is 11.3. The zero-order valence-electron chi connectivity index (χ0n) is 23.9. The van der Waals surface area contributed by atoms with Crippen molar-refractivity contribution in [3.05, 3.63) is 154 Å². The van der Waals surface area contributed by atoms with Gasteiger partial charge in [-0.2, -0.15) is 0 Å². The molecule has 1 heterocycles. The van der Waals surface area contributed by atoms with Gasteiger partial charge in [0.15, 0.2) is 0 Å². The summed E-state index contributed by atoms with van der Waals surface area (Å²) < 4.78 is 7.92. The Morgan fingerprint density at radius 3 is 2.04 bits per heavy atom. The number of hydrogen-bond acceptors (Lipinski definition) is 4. The number of aromatic nitrogens is 2. The van der Waals surface area contributed by atoms with Crippen LogP contribution >= 0.6 is 23.2 Å². The number of anilines is 1. The number of imidazole rings is 1. The summed E-state index contributed by atoms with van der Waals surface area (Å²) in [6.45, 7) is 0.495. The predicted octanol–water partition coefficient (Wildman–Crippen LogP) is 9.82. The SMILES string of the molecule is Nc1ccc(Oc2ccc(-c3ccc(C=Cc4nc(-c5ccc(Cl)cc5Cl)cn4Cc4ccc(C(=O)O)cc4)cc3)cc2)cc1. The van der Waals surface area contributed by atoms with Gasteiger partial charge in [0.2, 0.25) is 0 Å². The van der Waals surface area contributed by atoms with Gasteiger partial charge in [0, 0.05) is 29.0 Å². The van der Waals surface area contributed by atoms with Crippen LogP contribution in [0.5, 0.6) is 11.5 Å². The van der Waals surface area contributed by atoms with E-state index in [4.69, 9.17) is 38.7 Å². The number of ether oxygens (including phenoxy) is 1. The molecule has 8 heteroatoms. The van der Waals surface area contributed by atoms with Crippen LogP contribution in [-0.2, 0) is 6.54 Å². The lowest BCUT2D eigenvalue weighted by Gasteiger charge is -2.08. The minimum absolute atomic E-state index is 0.240. The van der Waals surface area contributed by atoms with Crippen molar-refractivity contribution >= 4 is 47.0 Å². The molecule has 0 unspecified atom stereocenters. The first-order valence-corrected chi connectivity index (χ1v) is 14.8. The van der Waals surface area contributed by atoms with Gasteiger partial charge < -0.3 is 20.1 Å². The second kappa shape index (κ2) is 13.1. The van der Waals surface area contributed by atoms with Crippen molar-refractivity contribution in [2.45, 2.75) is 6.54 Å². The van der Waals surface area contributed by atoms with E-state index in [-0.39, 0.29) is 5.56 Å². The standard InChI is InChI=1S/C37H27Cl2N3O3/c38-29-12-19-33(34(39)21-29)35-23-42(22-25-3-8-28(9-4-25)37(43)44)36(41-35)20-5-24-1-6-26(7-2-24)27-10-15-31(16-11-27)45-32-17-13-30(40)14-18-32/h1-21,23H,22,40H2,(H,43,44). The smallest absolute Gasteiger partial charge is 0.335 e. The lowest BCUT2D eigenvalue weighted by molar-refractivity contribution is 0.0697. The van der Waals surface area contributed by atoms with E-state index in [2.05, 4.69) is 24.3 Å². The maximum Gasteiger partial charge on any atom is 0.335 e. The number of benzene rings is 5. The number of nitrogens with zero attached hydrogens (tertiary/aromatic N) is 2. The van der Waals surface area contributed by atoms with Gasteiger partial charge in [-0.3, -0.25) is 0 Å². The number of carboxylic acids is 1. The third-order valence-electron chi connectivity index (χ3n) is 7.21. The van der Waals surface area contributed by atoms with Crippen LogP contribution in [0.1, 0.15) is 27.3 Å². The fourth-order valence-corrected chi connectivity index (χ4v) is 5.32. The first-order chi connectivity index (χ1) is 21.8. The van der Waals surface area contributed by atoms with E-state index < -0.39 is 5.97 Å². The van der Waals surface area contributed by atoms with Crippen molar-refractivity contribution < 1.29 is 14.6 Å². The number of halogens is 2. The van der Waals surface area contributed by atoms with E-state index in [0.29, 0.717) is 28.0 Å². The van der Waals surface area contributed by atoms with E-state index in [1.165, 1.54) is 0 Å². The number of nitrogens with two attached hydrogens (primary N) is 1. The van der Waals surface area contributed by atoms with Crippen LogP contribution in [-0.4, -0.2) is 20.6 Å². The van der Waals surface area contributed by atoms with Crippen LogP contribution in [0.25, 0.3) is 34.5 Å². The first kappa shape index (κ1) is 29.8. The molecule has 0 amide bonds. The highest BCUT2D eigenvalue weighted by Gasteiger charge is 2.12. The highest BCUT2D eigenvalue weighted by atomic mass is 35.5. The monoisotopic (exact) mass is 631 g/mol. The van der Waals surface area contributed by atoms with Gasteiger partial charge in [0.25, 0.3) is 0 Å². The molecule has 5 aromatic carbocycles. The number of rotatable bonds is 9. The Morgan fingerprint density at radius 2 is 1.42 bits per heavy atom. The molecule has 0 saturated carbocycles. The fraction of sp³-hybridized carbons (Fsp3) is 0.0270. The Bertz CT molecular complexity index is 1980. The molecule has 0 atom stereocenters. The largest absolute Gasteiger partial charge is 0.478 e. The van der Waals surface area contributed by atoms with Crippen LogP contribution in [0.15, 0.2) is 121 Å². The topological polar surface area (TPSA) is 90.4 Å². The van der Waals surface area contributed by atoms with Gasteiger partial charge in [-0.15, -0.1) is 0 Å². The molecule has 6 nitrogen and oxygen atoms in total. The Kier molecular flexibility index (Phi) is 8.69. The molecule has 222 valence electrons. The fourth-order valence-electron chi connectivity index (χ4n) is 4.81. The van der Waals surface area contributed by atoms with Crippen molar-refractivity contribution in [1.82, 2.24) is 9.55 Å². The molecule has 6 aromatic rings. The highest BCUT2D eigenvalue weighted by Crippen LogP contribution is 2.31. The molecular weight excluding hydrogens is 605 g/mol. The summed E-state index contributed by atoms with van der Waals surface area (Å²) in [7, 11) is 0. The minimum Gasteiger partial charge on any atom is -0.478 e. The molecule has 0 spiro atoms. The Hall–Kier alpha value is -5.30. The molecular formula is C37H27Cl2N3O3. The van der Waals surface area contributed by atoms with Crippen LogP contribution < -0.4 is 10.5 Å². The minimum atomic E-state index is -0.959. The average Bonchev–Trinajstić information content (AvgIpc) is 3.44. The van der Waals surface area contributed by atoms with Gasteiger partial charge in [0.05, 0.1) is 16.3 Å². The van der Waals surface area contributed by atoms with Crippen LogP contribution in [0, 0.1) is 0 Å². The van der Waals surface area contributed by atoms with Crippen LogP contribution in [0.4, 0.5) is 5.69 Å². The van der Waals surface area contributed by atoms with Gasteiger partial charge in [-0.25, -0.2) is 9.78 Å². The molecule has 0 aliphatic heterocycles. The molecule has 0 saturated heterocycles. The Morgan fingerprint density at radius 1 is 0.800 bits per heavy atom. The zero-order valence-corrected chi connectivity index (χ0v) is 25.4. The summed E-state index contributed by atoms with van der Waals surface area (Å²) in [6.07, 6.45) is 5.90. The van der Waals surface area contributed by atoms with E-state index in [0.717, 1.165) is 45.1 Å². The second-order valence-electron chi connectivity index (χ2n) is 10.4. The van der Waals surface area contributed by atoms with Crippen molar-refractivity contribution in [1.29, 1.82) is 0 Å². The average molecular weight is 633 g/mol. The number of nitrogen functional groups attached to an aromatic ring is 1. The number of carbonyl (C=O) groups is 1. The summed E-state index contributed by atoms with van der Waals surface area (Å²) in [5.41, 5.74) is 12.3. The Balaban J connectivity index is 1.22. The van der Waals surface area contributed by atoms with Crippen molar-refractivity contribution in [3.63, 3.8) is 0 Å². The third-order valence-corrected chi connectivity index (χ3v) is 7.76. The summed E-state index contributed by atoms with van der Waals surface area (Å²) in [5, 5.41) is 10.3. The molecule has 1 aromatic heterocycles. The van der Waals surface area contributed by atoms with E-state index >= 15 is 0 Å². The van der Waals surface area contributed by atoms with Crippen LogP contribution in [0.2, 0.25) is 10.0 Å². The molecule has 0 fully saturated rings. The maximum absolute atomic E-state index is 11.3. The van der Waals surface area contributed by atoms with Gasteiger partial charge in [0.1, 0.15) is 17.3 Å². The summed E-state index contributed by atoms with van der Waals surface area (Å²) >= 11 is 12.6. The lowest BCUT2D eigenvalue weighted by Crippen LogP contribution is -2.02. The lowest BCUT2D eigenvalue weighted by atomic mass is 10.0. The molecule has 0 aliphatic carbocycles. The van der Waals surface area contributed by atoms with Gasteiger partial charge in [-0.1, -0.05) is 77.8 Å². The quantitative estimate of drug-likeness (QED) is 0.155. The van der Waals surface area contributed by atoms with Gasteiger partial charge in [-0.05, 0) is 95.1 Å². The molecule has 0 aliphatic rings. The van der Waals surface area contributed by atoms with Crippen LogP contribution in [0.3, 0.4) is 0 Å². The predicted molar refractivity (Wildman–Crippen MR) is 182 cm³/mol. The highest BCUT2D eigenvalue weighted by molar-refractivity contribution is 6.36. The summed E-state index contributed by atoms with van der Waals surface area (Å²) in [4.78, 5) is 16.2. The summed E-state index contributed by atoms with van der Waals surface area (Å²) in [5.74, 6) is 1.24. The molecule has 0 radical (unpaired) electrons.